The first kappa shape index (κ1) is 12.2. The van der Waals surface area contributed by atoms with Crippen LogP contribution in [0.15, 0.2) is 12.7 Å². The van der Waals surface area contributed by atoms with Crippen LogP contribution >= 0.6 is 0 Å². The van der Waals surface area contributed by atoms with E-state index in [2.05, 4.69) is 20.7 Å². The van der Waals surface area contributed by atoms with Crippen LogP contribution in [0.1, 0.15) is 19.9 Å². The Kier molecular flexibility index (Phi) is 3.98. The van der Waals surface area contributed by atoms with Gasteiger partial charge in [0.05, 0.1) is 0 Å². The van der Waals surface area contributed by atoms with Crippen LogP contribution in [-0.2, 0) is 9.59 Å². The Labute approximate surface area is 93.2 Å². The molecule has 0 aliphatic rings. The lowest BCUT2D eigenvalue weighted by atomic mass is 10.2. The zero-order valence-corrected chi connectivity index (χ0v) is 9.47. The summed E-state index contributed by atoms with van der Waals surface area (Å²) < 4.78 is 1.42. The maximum absolute atomic E-state index is 11.7. The SMILES string of the molecule is CNC(=O)[C@H](C)NC(=O)[C@@H](C)n1cncn1. The van der Waals surface area contributed by atoms with Gasteiger partial charge in [0, 0.05) is 7.05 Å². The molecule has 2 amide bonds. The number of carbonyl (C=O) groups excluding carboxylic acids is 2. The van der Waals surface area contributed by atoms with E-state index in [0.717, 1.165) is 0 Å². The van der Waals surface area contributed by atoms with Gasteiger partial charge < -0.3 is 10.6 Å². The maximum atomic E-state index is 11.7. The molecule has 0 bridgehead atoms. The number of rotatable bonds is 4. The molecule has 7 heteroatoms. The highest BCUT2D eigenvalue weighted by Gasteiger charge is 2.20. The van der Waals surface area contributed by atoms with Gasteiger partial charge in [-0.25, -0.2) is 9.67 Å². The number of aromatic nitrogens is 3. The number of carbonyl (C=O) groups is 2. The molecule has 16 heavy (non-hydrogen) atoms. The van der Waals surface area contributed by atoms with Gasteiger partial charge in [0.15, 0.2) is 0 Å². The number of amides is 2. The molecule has 0 saturated carbocycles. The summed E-state index contributed by atoms with van der Waals surface area (Å²) in [6.07, 6.45) is 2.81. The molecule has 7 nitrogen and oxygen atoms in total. The summed E-state index contributed by atoms with van der Waals surface area (Å²) in [5.74, 6) is -0.513. The lowest BCUT2D eigenvalue weighted by molar-refractivity contribution is -0.130. The molecule has 1 heterocycles. The van der Waals surface area contributed by atoms with E-state index < -0.39 is 12.1 Å². The van der Waals surface area contributed by atoms with E-state index in [-0.39, 0.29) is 11.8 Å². The summed E-state index contributed by atoms with van der Waals surface area (Å²) in [6, 6.07) is -1.06. The monoisotopic (exact) mass is 225 g/mol. The van der Waals surface area contributed by atoms with Crippen LogP contribution in [0.5, 0.6) is 0 Å². The van der Waals surface area contributed by atoms with Gasteiger partial charge in [0.25, 0.3) is 0 Å². The van der Waals surface area contributed by atoms with Gasteiger partial charge in [-0.1, -0.05) is 0 Å². The fourth-order valence-electron chi connectivity index (χ4n) is 1.15. The van der Waals surface area contributed by atoms with Crippen molar-refractivity contribution in [1.29, 1.82) is 0 Å². The molecule has 1 aromatic rings. The molecular formula is C9H15N5O2. The molecule has 0 radical (unpaired) electrons. The van der Waals surface area contributed by atoms with Crippen molar-refractivity contribution in [3.63, 3.8) is 0 Å². The molecule has 0 fully saturated rings. The molecule has 0 spiro atoms. The highest BCUT2D eigenvalue weighted by Crippen LogP contribution is 2.02. The van der Waals surface area contributed by atoms with Gasteiger partial charge in [0.1, 0.15) is 24.7 Å². The molecule has 0 aliphatic heterocycles. The molecule has 0 unspecified atom stereocenters. The van der Waals surface area contributed by atoms with Gasteiger partial charge in [-0.05, 0) is 13.8 Å². The van der Waals surface area contributed by atoms with Crippen LogP contribution in [0.3, 0.4) is 0 Å². The van der Waals surface area contributed by atoms with E-state index in [1.165, 1.54) is 24.4 Å². The lowest BCUT2D eigenvalue weighted by Crippen LogP contribution is -2.45. The highest BCUT2D eigenvalue weighted by molar-refractivity contribution is 5.88. The normalized spacial score (nSPS) is 13.9. The van der Waals surface area contributed by atoms with Crippen LogP contribution < -0.4 is 10.6 Å². The maximum Gasteiger partial charge on any atom is 0.245 e. The number of likely N-dealkylation sites (N-methyl/N-ethyl adjacent to an activating group) is 1. The number of nitrogens with one attached hydrogen (secondary N) is 2. The summed E-state index contributed by atoms with van der Waals surface area (Å²) in [6.45, 7) is 3.30. The average molecular weight is 225 g/mol. The van der Waals surface area contributed by atoms with Crippen LogP contribution in [0, 0.1) is 0 Å². The fourth-order valence-corrected chi connectivity index (χ4v) is 1.15. The molecule has 0 saturated heterocycles. The molecule has 88 valence electrons. The first-order chi connectivity index (χ1) is 7.56. The van der Waals surface area contributed by atoms with Gasteiger partial charge in [0.2, 0.25) is 11.8 Å². The Hall–Kier alpha value is -1.92. The predicted molar refractivity (Wildman–Crippen MR) is 56.4 cm³/mol. The predicted octanol–water partition coefficient (Wildman–Crippen LogP) is -0.910. The molecule has 2 N–H and O–H groups in total. The molecule has 0 aliphatic carbocycles. The second-order valence-corrected chi connectivity index (χ2v) is 3.40. The van der Waals surface area contributed by atoms with Crippen molar-refractivity contribution in [2.75, 3.05) is 7.05 Å². The zero-order chi connectivity index (χ0) is 12.1. The summed E-state index contributed by atoms with van der Waals surface area (Å²) in [4.78, 5) is 26.6. The summed E-state index contributed by atoms with van der Waals surface area (Å²) in [5.41, 5.74) is 0. The molecule has 0 aromatic carbocycles. The standard InChI is InChI=1S/C9H15N5O2/c1-6(8(15)10-3)13-9(16)7(2)14-5-11-4-12-14/h4-7H,1-3H3,(H,10,15)(H,13,16)/t6-,7+/m0/s1. The zero-order valence-electron chi connectivity index (χ0n) is 9.47. The molecule has 1 aromatic heterocycles. The third kappa shape index (κ3) is 2.78. The highest BCUT2D eigenvalue weighted by atomic mass is 16.2. The number of nitrogens with zero attached hydrogens (tertiary/aromatic N) is 3. The average Bonchev–Trinajstić information content (AvgIpc) is 2.79. The molecule has 2 atom stereocenters. The van der Waals surface area contributed by atoms with Crippen LogP contribution in [0.25, 0.3) is 0 Å². The van der Waals surface area contributed by atoms with Crippen molar-refractivity contribution in [3.05, 3.63) is 12.7 Å². The van der Waals surface area contributed by atoms with Gasteiger partial charge >= 0.3 is 0 Å². The van der Waals surface area contributed by atoms with Crippen LogP contribution in [0.2, 0.25) is 0 Å². The first-order valence-electron chi connectivity index (χ1n) is 4.92. The third-order valence-corrected chi connectivity index (χ3v) is 2.21. The minimum absolute atomic E-state index is 0.237. The second kappa shape index (κ2) is 5.24. The number of hydrogen-bond donors (Lipinski definition) is 2. The van der Waals surface area contributed by atoms with Crippen molar-refractivity contribution >= 4 is 11.8 Å². The Morgan fingerprint density at radius 3 is 2.50 bits per heavy atom. The van der Waals surface area contributed by atoms with E-state index >= 15 is 0 Å². The fraction of sp³-hybridized carbons (Fsp3) is 0.556. The third-order valence-electron chi connectivity index (χ3n) is 2.21. The first-order valence-corrected chi connectivity index (χ1v) is 4.92. The van der Waals surface area contributed by atoms with Crippen molar-refractivity contribution in [2.24, 2.45) is 0 Å². The summed E-state index contributed by atoms with van der Waals surface area (Å²) in [7, 11) is 1.52. The minimum Gasteiger partial charge on any atom is -0.357 e. The van der Waals surface area contributed by atoms with E-state index in [0.29, 0.717) is 0 Å². The van der Waals surface area contributed by atoms with Crippen molar-refractivity contribution in [3.8, 4) is 0 Å². The smallest absolute Gasteiger partial charge is 0.245 e. The van der Waals surface area contributed by atoms with Gasteiger partial charge in [-0.15, -0.1) is 0 Å². The largest absolute Gasteiger partial charge is 0.357 e. The molecule has 1 rings (SSSR count). The van der Waals surface area contributed by atoms with Crippen molar-refractivity contribution in [1.82, 2.24) is 25.4 Å². The number of hydrogen-bond acceptors (Lipinski definition) is 4. The summed E-state index contributed by atoms with van der Waals surface area (Å²) >= 11 is 0. The van der Waals surface area contributed by atoms with Crippen molar-refractivity contribution < 1.29 is 9.59 Å². The van der Waals surface area contributed by atoms with Gasteiger partial charge in [-0.3, -0.25) is 9.59 Å². The Bertz CT molecular complexity index is 362. The van der Waals surface area contributed by atoms with E-state index in [4.69, 9.17) is 0 Å². The van der Waals surface area contributed by atoms with E-state index in [9.17, 15) is 9.59 Å². The quantitative estimate of drug-likeness (QED) is 0.694. The minimum atomic E-state index is -0.566. The van der Waals surface area contributed by atoms with E-state index in [1.807, 2.05) is 0 Å². The Morgan fingerprint density at radius 2 is 2.00 bits per heavy atom. The Balaban J connectivity index is 2.56. The lowest BCUT2D eigenvalue weighted by Gasteiger charge is -2.16. The van der Waals surface area contributed by atoms with Gasteiger partial charge in [-0.2, -0.15) is 5.10 Å². The van der Waals surface area contributed by atoms with Crippen LogP contribution in [0.4, 0.5) is 0 Å². The second-order valence-electron chi connectivity index (χ2n) is 3.40. The summed E-state index contributed by atoms with van der Waals surface area (Å²) in [5, 5.41) is 8.89. The van der Waals surface area contributed by atoms with Crippen molar-refractivity contribution in [2.45, 2.75) is 25.9 Å². The van der Waals surface area contributed by atoms with E-state index in [1.54, 1.807) is 13.8 Å². The molecular weight excluding hydrogens is 210 g/mol. The van der Waals surface area contributed by atoms with Crippen LogP contribution in [-0.4, -0.2) is 39.7 Å². The topological polar surface area (TPSA) is 88.9 Å². The Morgan fingerprint density at radius 1 is 1.31 bits per heavy atom.